The van der Waals surface area contributed by atoms with Gasteiger partial charge in [-0.05, 0) is 49.7 Å². The fraction of sp³-hybridized carbons (Fsp3) is 0.179. The van der Waals surface area contributed by atoms with Crippen LogP contribution >= 0.6 is 11.6 Å². The maximum Gasteiger partial charge on any atom is 0.123 e. The van der Waals surface area contributed by atoms with Crippen LogP contribution in [-0.4, -0.2) is 11.5 Å². The summed E-state index contributed by atoms with van der Waals surface area (Å²) in [6.45, 7) is 4.97. The van der Waals surface area contributed by atoms with Gasteiger partial charge in [0.2, 0.25) is 0 Å². The SMILES string of the molecule is CCCNc1ccc(F)cc1C(C)Nc1cc(-c2ccccc2)nc(-c2ccccc2Cl)c1. The Morgan fingerprint density at radius 2 is 1.64 bits per heavy atom. The molecule has 0 fully saturated rings. The first-order valence-corrected chi connectivity index (χ1v) is 11.5. The lowest BCUT2D eigenvalue weighted by Crippen LogP contribution is -2.12. The van der Waals surface area contributed by atoms with Gasteiger partial charge in [-0.2, -0.15) is 0 Å². The lowest BCUT2D eigenvalue weighted by Gasteiger charge is -2.21. The van der Waals surface area contributed by atoms with Crippen molar-refractivity contribution in [1.29, 1.82) is 0 Å². The van der Waals surface area contributed by atoms with Gasteiger partial charge < -0.3 is 10.6 Å². The molecule has 1 unspecified atom stereocenters. The predicted octanol–water partition coefficient (Wildman–Crippen LogP) is 8.20. The summed E-state index contributed by atoms with van der Waals surface area (Å²) >= 11 is 6.49. The van der Waals surface area contributed by atoms with E-state index in [-0.39, 0.29) is 11.9 Å². The highest BCUT2D eigenvalue weighted by Crippen LogP contribution is 2.33. The first kappa shape index (κ1) is 22.8. The fourth-order valence-corrected chi connectivity index (χ4v) is 4.05. The highest BCUT2D eigenvalue weighted by atomic mass is 35.5. The van der Waals surface area contributed by atoms with Crippen LogP contribution in [0.15, 0.2) is 84.9 Å². The molecule has 1 aromatic heterocycles. The van der Waals surface area contributed by atoms with Gasteiger partial charge in [0.15, 0.2) is 0 Å². The number of benzene rings is 3. The molecule has 0 spiro atoms. The third-order valence-electron chi connectivity index (χ3n) is 5.47. The van der Waals surface area contributed by atoms with Gasteiger partial charge in [-0.15, -0.1) is 0 Å². The van der Waals surface area contributed by atoms with Crippen LogP contribution in [0.2, 0.25) is 5.02 Å². The van der Waals surface area contributed by atoms with Crippen molar-refractivity contribution in [3.8, 4) is 22.5 Å². The van der Waals surface area contributed by atoms with Crippen molar-refractivity contribution < 1.29 is 4.39 Å². The van der Waals surface area contributed by atoms with Gasteiger partial charge in [-0.25, -0.2) is 9.37 Å². The molecule has 0 radical (unpaired) electrons. The summed E-state index contributed by atoms with van der Waals surface area (Å²) in [4.78, 5) is 4.89. The third kappa shape index (κ3) is 5.52. The van der Waals surface area contributed by atoms with E-state index in [1.165, 1.54) is 6.07 Å². The molecule has 0 bridgehead atoms. The van der Waals surface area contributed by atoms with Gasteiger partial charge in [-0.3, -0.25) is 0 Å². The average molecular weight is 460 g/mol. The second-order valence-electron chi connectivity index (χ2n) is 8.00. The summed E-state index contributed by atoms with van der Waals surface area (Å²) in [7, 11) is 0. The standard InChI is InChI=1S/C28H27ClFN3/c1-3-15-31-26-14-13-21(30)16-24(26)19(2)32-22-17-27(20-9-5-4-6-10-20)33-28(18-22)23-11-7-8-12-25(23)29/h4-14,16-19,31H,3,15H2,1-2H3,(H,32,33). The van der Waals surface area contributed by atoms with Crippen molar-refractivity contribution in [2.45, 2.75) is 26.3 Å². The average Bonchev–Trinajstić information content (AvgIpc) is 2.84. The minimum atomic E-state index is -0.253. The Labute approximate surface area is 199 Å². The number of hydrogen-bond donors (Lipinski definition) is 2. The van der Waals surface area contributed by atoms with E-state index in [1.807, 2.05) is 73.7 Å². The molecular formula is C28H27ClFN3. The quantitative estimate of drug-likeness (QED) is 0.279. The van der Waals surface area contributed by atoms with Crippen molar-refractivity contribution in [1.82, 2.24) is 4.98 Å². The van der Waals surface area contributed by atoms with E-state index in [0.717, 1.165) is 52.4 Å². The Bertz CT molecular complexity index is 1230. The maximum absolute atomic E-state index is 14.1. The van der Waals surface area contributed by atoms with Crippen molar-refractivity contribution in [3.05, 3.63) is 101 Å². The number of hydrogen-bond acceptors (Lipinski definition) is 3. The van der Waals surface area contributed by atoms with Crippen molar-refractivity contribution in [3.63, 3.8) is 0 Å². The Kier molecular flexibility index (Phi) is 7.26. The summed E-state index contributed by atoms with van der Waals surface area (Å²) in [6, 6.07) is 26.5. The number of aromatic nitrogens is 1. The second-order valence-corrected chi connectivity index (χ2v) is 8.40. The van der Waals surface area contributed by atoms with Gasteiger partial charge in [0.05, 0.1) is 17.4 Å². The molecule has 33 heavy (non-hydrogen) atoms. The molecule has 2 N–H and O–H groups in total. The van der Waals surface area contributed by atoms with Crippen LogP contribution in [-0.2, 0) is 0 Å². The molecule has 0 saturated heterocycles. The Hall–Kier alpha value is -3.37. The topological polar surface area (TPSA) is 37.0 Å². The van der Waals surface area contributed by atoms with E-state index in [1.54, 1.807) is 12.1 Å². The van der Waals surface area contributed by atoms with Gasteiger partial charge >= 0.3 is 0 Å². The number of nitrogens with one attached hydrogen (secondary N) is 2. The molecule has 4 rings (SSSR count). The Morgan fingerprint density at radius 3 is 2.39 bits per heavy atom. The van der Waals surface area contributed by atoms with E-state index in [2.05, 4.69) is 17.6 Å². The second kappa shape index (κ2) is 10.5. The smallest absolute Gasteiger partial charge is 0.123 e. The zero-order valence-corrected chi connectivity index (χ0v) is 19.5. The van der Waals surface area contributed by atoms with Crippen LogP contribution in [0, 0.1) is 5.82 Å². The zero-order chi connectivity index (χ0) is 23.2. The number of rotatable bonds is 8. The molecule has 0 amide bonds. The molecule has 0 aliphatic carbocycles. The van der Waals surface area contributed by atoms with Gasteiger partial charge in [0.1, 0.15) is 5.82 Å². The van der Waals surface area contributed by atoms with Crippen LogP contribution in [0.3, 0.4) is 0 Å². The van der Waals surface area contributed by atoms with E-state index < -0.39 is 0 Å². The monoisotopic (exact) mass is 459 g/mol. The molecule has 3 aromatic carbocycles. The van der Waals surface area contributed by atoms with Gasteiger partial charge in [0, 0.05) is 39.6 Å². The Morgan fingerprint density at radius 1 is 0.909 bits per heavy atom. The van der Waals surface area contributed by atoms with E-state index in [0.29, 0.717) is 5.02 Å². The molecule has 4 aromatic rings. The van der Waals surface area contributed by atoms with Gasteiger partial charge in [0.25, 0.3) is 0 Å². The lowest BCUT2D eigenvalue weighted by atomic mass is 10.0. The number of nitrogens with zero attached hydrogens (tertiary/aromatic N) is 1. The molecule has 168 valence electrons. The largest absolute Gasteiger partial charge is 0.385 e. The fourth-order valence-electron chi connectivity index (χ4n) is 3.82. The molecule has 5 heteroatoms. The maximum atomic E-state index is 14.1. The highest BCUT2D eigenvalue weighted by molar-refractivity contribution is 6.33. The first-order chi connectivity index (χ1) is 16.0. The zero-order valence-electron chi connectivity index (χ0n) is 18.8. The summed E-state index contributed by atoms with van der Waals surface area (Å²) in [5, 5.41) is 7.60. The van der Waals surface area contributed by atoms with Crippen LogP contribution in [0.1, 0.15) is 31.9 Å². The summed E-state index contributed by atoms with van der Waals surface area (Å²) < 4.78 is 14.1. The molecule has 3 nitrogen and oxygen atoms in total. The summed E-state index contributed by atoms with van der Waals surface area (Å²) in [5.74, 6) is -0.253. The third-order valence-corrected chi connectivity index (χ3v) is 5.80. The first-order valence-electron chi connectivity index (χ1n) is 11.2. The lowest BCUT2D eigenvalue weighted by molar-refractivity contribution is 0.624. The Balaban J connectivity index is 1.74. The number of pyridine rings is 1. The minimum Gasteiger partial charge on any atom is -0.385 e. The van der Waals surface area contributed by atoms with E-state index in [4.69, 9.17) is 16.6 Å². The van der Waals surface area contributed by atoms with Gasteiger partial charge in [-0.1, -0.05) is 67.1 Å². The van der Waals surface area contributed by atoms with Crippen LogP contribution in [0.4, 0.5) is 15.8 Å². The summed E-state index contributed by atoms with van der Waals surface area (Å²) in [6.07, 6.45) is 0.991. The molecule has 0 aliphatic rings. The normalized spacial score (nSPS) is 11.8. The van der Waals surface area contributed by atoms with E-state index >= 15 is 0 Å². The van der Waals surface area contributed by atoms with Crippen molar-refractivity contribution in [2.75, 3.05) is 17.2 Å². The predicted molar refractivity (Wildman–Crippen MR) is 137 cm³/mol. The van der Waals surface area contributed by atoms with E-state index in [9.17, 15) is 4.39 Å². The van der Waals surface area contributed by atoms with Crippen LogP contribution in [0.25, 0.3) is 22.5 Å². The summed E-state index contributed by atoms with van der Waals surface area (Å²) in [5.41, 5.74) is 6.19. The number of anilines is 2. The van der Waals surface area contributed by atoms with Crippen LogP contribution in [0.5, 0.6) is 0 Å². The van der Waals surface area contributed by atoms with Crippen molar-refractivity contribution in [2.24, 2.45) is 0 Å². The molecule has 0 aliphatic heterocycles. The highest BCUT2D eigenvalue weighted by Gasteiger charge is 2.15. The molecule has 0 saturated carbocycles. The number of halogens is 2. The minimum absolute atomic E-state index is 0.134. The molecule has 1 atom stereocenters. The van der Waals surface area contributed by atoms with Crippen LogP contribution < -0.4 is 10.6 Å². The molecular weight excluding hydrogens is 433 g/mol. The molecule has 1 heterocycles. The van der Waals surface area contributed by atoms with Crippen molar-refractivity contribution >= 4 is 23.0 Å².